The first-order valence-corrected chi connectivity index (χ1v) is 1.21. The molecule has 0 spiro atoms. The third-order valence-electron chi connectivity index (χ3n) is 0. The minimum Gasteiger partial charge on any atom is -0.870 e. The number of quaternary nitrogens is 3. The van der Waals surface area contributed by atoms with Crippen LogP contribution in [-0.2, 0) is 0 Å². The van der Waals surface area contributed by atoms with Crippen molar-refractivity contribution in [2.45, 2.75) is 6.92 Å². The van der Waals surface area contributed by atoms with Gasteiger partial charge in [0.15, 0.2) is 0 Å². The van der Waals surface area contributed by atoms with Crippen LogP contribution >= 0.6 is 0 Å². The van der Waals surface area contributed by atoms with Crippen LogP contribution in [0.3, 0.4) is 0 Å². The summed E-state index contributed by atoms with van der Waals surface area (Å²) in [6.45, 7) is 3.01. The van der Waals surface area contributed by atoms with E-state index in [2.05, 4.69) is 5.73 Å². The fourth-order valence-electron chi connectivity index (χ4n) is 0. The van der Waals surface area contributed by atoms with Crippen LogP contribution in [0.2, 0.25) is 0 Å². The van der Waals surface area contributed by atoms with Crippen LogP contribution in [0.25, 0.3) is 0 Å². The molecule has 8 heavy (non-hydrogen) atoms. The average molecular weight is 133 g/mol. The Bertz CT molecular complexity index is 12.5. The molecule has 0 atom stereocenters. The quantitative estimate of drug-likeness (QED) is 0.400. The molecule has 0 aliphatic heterocycles. The Morgan fingerprint density at radius 2 is 1.00 bits per heavy atom. The van der Waals surface area contributed by atoms with Gasteiger partial charge in [-0.15, -0.1) is 0 Å². The summed E-state index contributed by atoms with van der Waals surface area (Å²) in [7, 11) is 0. The maximum Gasteiger partial charge on any atom is 0.0711 e. The van der Waals surface area contributed by atoms with Gasteiger partial charge in [0.2, 0.25) is 0 Å². The molecule has 0 rings (SSSR count). The summed E-state index contributed by atoms with van der Waals surface area (Å²) in [4.78, 5) is 0. The monoisotopic (exact) mass is 133 g/mol. The summed E-state index contributed by atoms with van der Waals surface area (Å²) in [6, 6.07) is 0. The normalized spacial score (nSPS) is 2.25. The summed E-state index contributed by atoms with van der Waals surface area (Å²) >= 11 is 0. The molecule has 0 heterocycles. The predicted molar refractivity (Wildman–Crippen MR) is 31.2 cm³/mol. The number of hydrogen-bond acceptors (Lipinski definition) is 3. The van der Waals surface area contributed by atoms with E-state index in [1.54, 1.807) is 0 Å². The van der Waals surface area contributed by atoms with Crippen molar-refractivity contribution in [1.29, 1.82) is 0 Å². The summed E-state index contributed by atoms with van der Waals surface area (Å²) in [5, 5.41) is 0. The van der Waals surface area contributed by atoms with Crippen molar-refractivity contribution in [1.82, 2.24) is 12.3 Å². The molecule has 0 aliphatic carbocycles. The van der Waals surface area contributed by atoms with E-state index in [-0.39, 0.29) is 28.7 Å². The van der Waals surface area contributed by atoms with E-state index < -0.39 is 0 Å². The van der Waals surface area contributed by atoms with E-state index in [0.29, 0.717) is 0 Å². The maximum atomic E-state index is 3.49. The van der Waals surface area contributed by atoms with E-state index in [1.807, 2.05) is 6.92 Å². The van der Waals surface area contributed by atoms with E-state index in [4.69, 9.17) is 0 Å². The van der Waals surface area contributed by atoms with Crippen LogP contribution in [0.5, 0.6) is 0 Å². The van der Waals surface area contributed by atoms with Gasteiger partial charge in [-0.2, -0.15) is 0 Å². The van der Waals surface area contributed by atoms with Crippen LogP contribution in [0.1, 0.15) is 6.92 Å². The van der Waals surface area contributed by atoms with Gasteiger partial charge in [0.1, 0.15) is 0 Å². The van der Waals surface area contributed by atoms with Crippen molar-refractivity contribution in [3.05, 3.63) is 0 Å². The minimum atomic E-state index is 0. The first-order chi connectivity index (χ1) is 1.41. The average Bonchev–Trinajstić information content (AvgIpc) is 0.918. The Morgan fingerprint density at radius 3 is 1.00 bits per heavy atom. The summed E-state index contributed by atoms with van der Waals surface area (Å²) in [5.41, 5.74) is 3.49. The van der Waals surface area contributed by atoms with Gasteiger partial charge in [-0.05, 0) is 6.92 Å². The topological polar surface area (TPSA) is 191 Å². The molecule has 0 unspecified atom stereocenters. The second kappa shape index (κ2) is 388. The molecular formula is C2H19N3O3. The van der Waals surface area contributed by atoms with E-state index in [1.165, 1.54) is 0 Å². The molecule has 0 fully saturated rings. The third kappa shape index (κ3) is 2270. The molecule has 60 valence electrons. The van der Waals surface area contributed by atoms with Crippen molar-refractivity contribution in [3.63, 3.8) is 0 Å². The van der Waals surface area contributed by atoms with Crippen molar-refractivity contribution in [2.75, 3.05) is 6.54 Å². The molecule has 6 heteroatoms. The molecule has 0 bridgehead atoms. The zero-order valence-electron chi connectivity index (χ0n) is 5.76. The molecule has 0 aromatic rings. The molecule has 0 saturated carbocycles. The van der Waals surface area contributed by atoms with Crippen LogP contribution in [0.15, 0.2) is 0 Å². The van der Waals surface area contributed by atoms with E-state index >= 15 is 0 Å². The fraction of sp³-hybridized carbons (Fsp3) is 1.00. The lowest BCUT2D eigenvalue weighted by molar-refractivity contribution is -0.361. The fourth-order valence-corrected chi connectivity index (χ4v) is 0. The Kier molecular flexibility index (Phi) is 5560. The first kappa shape index (κ1) is 114. The summed E-state index contributed by atoms with van der Waals surface area (Å²) in [6.07, 6.45) is 0. The molecule has 0 aromatic heterocycles. The second-order valence-corrected chi connectivity index (χ2v) is 0.500. The van der Waals surface area contributed by atoms with Crippen molar-refractivity contribution < 1.29 is 22.2 Å². The van der Waals surface area contributed by atoms with Gasteiger partial charge in [-0.3, -0.25) is 0 Å². The molecule has 0 radical (unpaired) electrons. The van der Waals surface area contributed by atoms with Gasteiger partial charge in [0.25, 0.3) is 0 Å². The third-order valence-corrected chi connectivity index (χ3v) is 0. The van der Waals surface area contributed by atoms with Gasteiger partial charge in [0, 0.05) is 0 Å². The summed E-state index contributed by atoms with van der Waals surface area (Å²) < 4.78 is 0. The van der Waals surface area contributed by atoms with Crippen LogP contribution in [-0.4, -0.2) is 23.0 Å². The van der Waals surface area contributed by atoms with Gasteiger partial charge in [0.05, 0.1) is 6.54 Å². The predicted octanol–water partition coefficient (Wildman–Crippen LogP) is -0.530. The van der Waals surface area contributed by atoms with E-state index in [0.717, 1.165) is 6.54 Å². The Hall–Kier alpha value is -0.240. The largest absolute Gasteiger partial charge is 0.870 e. The smallest absolute Gasteiger partial charge is 0.0711 e. The highest BCUT2D eigenvalue weighted by Crippen LogP contribution is 1.13. The Morgan fingerprint density at radius 1 is 1.00 bits per heavy atom. The zero-order chi connectivity index (χ0) is 2.71. The lowest BCUT2D eigenvalue weighted by Gasteiger charge is -1.49. The molecule has 0 aliphatic rings. The molecule has 14 N–H and O–H groups in total. The zero-order valence-corrected chi connectivity index (χ0v) is 5.76. The van der Waals surface area contributed by atoms with Crippen LogP contribution in [0.4, 0.5) is 0 Å². The molecule has 6 nitrogen and oxygen atoms in total. The Labute approximate surface area is 49.2 Å². The molecule has 0 amide bonds. The highest BCUT2D eigenvalue weighted by Gasteiger charge is 1.37. The van der Waals surface area contributed by atoms with Gasteiger partial charge >= 0.3 is 0 Å². The highest BCUT2D eigenvalue weighted by molar-refractivity contribution is 3.79. The Balaban J connectivity index is -0.00000000200. The maximum absolute atomic E-state index is 3.49. The van der Waals surface area contributed by atoms with Crippen molar-refractivity contribution >= 4 is 0 Å². The van der Waals surface area contributed by atoms with Crippen molar-refractivity contribution in [3.8, 4) is 0 Å². The van der Waals surface area contributed by atoms with E-state index in [9.17, 15) is 0 Å². The first-order valence-electron chi connectivity index (χ1n) is 1.21. The number of hydrogen-bond donors (Lipinski definition) is 3. The lowest BCUT2D eigenvalue weighted by atomic mass is 10.8. The van der Waals surface area contributed by atoms with Gasteiger partial charge in [-0.1, -0.05) is 0 Å². The molecular weight excluding hydrogens is 114 g/mol. The van der Waals surface area contributed by atoms with Crippen LogP contribution < -0.4 is 18.0 Å². The highest BCUT2D eigenvalue weighted by atomic mass is 16.0. The standard InChI is InChI=1S/C2H7N.2H3N.3H2O/c1-2-3;;;;;/h2-3H2,1H3;2*1H3;3*1H2. The molecule has 0 saturated heterocycles. The number of rotatable bonds is 0. The van der Waals surface area contributed by atoms with Crippen molar-refractivity contribution in [2.24, 2.45) is 0 Å². The second-order valence-electron chi connectivity index (χ2n) is 0.500. The van der Waals surface area contributed by atoms with Crippen LogP contribution in [0, 0.1) is 0 Å². The lowest BCUT2D eigenvalue weighted by Crippen LogP contribution is -2.48. The summed E-state index contributed by atoms with van der Waals surface area (Å²) in [5.74, 6) is 0. The van der Waals surface area contributed by atoms with Gasteiger partial charge < -0.3 is 34.5 Å². The molecule has 0 aromatic carbocycles. The van der Waals surface area contributed by atoms with Gasteiger partial charge in [-0.25, -0.2) is 0 Å². The SMILES string of the molecule is CC[NH3+].[NH4+].[NH4+].[OH-].[OH-].[OH-]. The minimum absolute atomic E-state index is 0.